The van der Waals surface area contributed by atoms with Crippen molar-refractivity contribution in [2.75, 3.05) is 25.5 Å². The Morgan fingerprint density at radius 2 is 1.65 bits per heavy atom. The molecule has 2 rings (SSSR count). The van der Waals surface area contributed by atoms with Crippen LogP contribution < -0.4 is 15.5 Å². The summed E-state index contributed by atoms with van der Waals surface area (Å²) in [5.74, 6) is -1.58. The average Bonchev–Trinajstić information content (AvgIpc) is 2.64. The maximum atomic E-state index is 11.9. The summed E-state index contributed by atoms with van der Waals surface area (Å²) in [7, 11) is 3.85. The lowest BCUT2D eigenvalue weighted by Crippen LogP contribution is -2.41. The van der Waals surface area contributed by atoms with Gasteiger partial charge in [-0.05, 0) is 29.3 Å². The molecule has 2 aromatic rings. The first-order valence-corrected chi connectivity index (χ1v) is 8.51. The van der Waals surface area contributed by atoms with E-state index in [2.05, 4.69) is 10.6 Å². The number of hydrogen-bond acceptors (Lipinski definition) is 4. The molecule has 0 aromatic heterocycles. The fourth-order valence-corrected chi connectivity index (χ4v) is 2.48. The highest BCUT2D eigenvalue weighted by molar-refractivity contribution is 6.35. The maximum absolute atomic E-state index is 11.9. The van der Waals surface area contributed by atoms with Gasteiger partial charge in [-0.15, -0.1) is 0 Å². The zero-order chi connectivity index (χ0) is 19.1. The second-order valence-electron chi connectivity index (χ2n) is 5.99. The van der Waals surface area contributed by atoms with Crippen molar-refractivity contribution in [3.63, 3.8) is 0 Å². The Balaban J connectivity index is 1.81. The van der Waals surface area contributed by atoms with E-state index in [0.29, 0.717) is 10.6 Å². The van der Waals surface area contributed by atoms with Crippen molar-refractivity contribution in [1.82, 2.24) is 10.6 Å². The van der Waals surface area contributed by atoms with E-state index in [1.165, 1.54) is 0 Å². The maximum Gasteiger partial charge on any atom is 0.309 e. The second-order valence-corrected chi connectivity index (χ2v) is 6.39. The molecule has 6 nitrogen and oxygen atoms in total. The summed E-state index contributed by atoms with van der Waals surface area (Å²) in [6.45, 7) is 0.0974. The van der Waals surface area contributed by atoms with Gasteiger partial charge >= 0.3 is 11.8 Å². The highest BCUT2D eigenvalue weighted by Crippen LogP contribution is 2.17. The zero-order valence-corrected chi connectivity index (χ0v) is 15.5. The summed E-state index contributed by atoms with van der Waals surface area (Å²) in [4.78, 5) is 25.6. The minimum absolute atomic E-state index is 0.0559. The van der Waals surface area contributed by atoms with Crippen LogP contribution in [0.4, 0.5) is 5.69 Å². The van der Waals surface area contributed by atoms with Crippen LogP contribution in [0.2, 0.25) is 5.02 Å². The van der Waals surface area contributed by atoms with E-state index in [1.54, 1.807) is 36.4 Å². The molecule has 3 N–H and O–H groups in total. The SMILES string of the molecule is CN(C)c1ccc(C(O)CNC(=O)C(=O)NCc2ccccc2Cl)cc1. The van der Waals surface area contributed by atoms with Gasteiger partial charge in [-0.2, -0.15) is 0 Å². The van der Waals surface area contributed by atoms with Crippen LogP contribution in [0.25, 0.3) is 0 Å². The van der Waals surface area contributed by atoms with E-state index in [1.807, 2.05) is 31.1 Å². The molecule has 2 amide bonds. The molecule has 1 atom stereocenters. The number of carbonyl (C=O) groups is 2. The van der Waals surface area contributed by atoms with Gasteiger partial charge in [0.05, 0.1) is 6.10 Å². The molecule has 0 saturated heterocycles. The van der Waals surface area contributed by atoms with E-state index < -0.39 is 17.9 Å². The van der Waals surface area contributed by atoms with Crippen molar-refractivity contribution in [3.05, 3.63) is 64.7 Å². The molecule has 0 aliphatic heterocycles. The summed E-state index contributed by atoms with van der Waals surface area (Å²) < 4.78 is 0. The normalized spacial score (nSPS) is 11.5. The van der Waals surface area contributed by atoms with Crippen molar-refractivity contribution in [2.24, 2.45) is 0 Å². The van der Waals surface area contributed by atoms with Gasteiger partial charge in [-0.1, -0.05) is 41.9 Å². The van der Waals surface area contributed by atoms with E-state index in [-0.39, 0.29) is 13.1 Å². The van der Waals surface area contributed by atoms with Gasteiger partial charge in [0, 0.05) is 37.9 Å². The highest BCUT2D eigenvalue weighted by Gasteiger charge is 2.16. The first-order valence-electron chi connectivity index (χ1n) is 8.13. The number of carbonyl (C=O) groups excluding carboxylic acids is 2. The lowest BCUT2D eigenvalue weighted by atomic mass is 10.1. The van der Waals surface area contributed by atoms with Crippen molar-refractivity contribution < 1.29 is 14.7 Å². The predicted molar refractivity (Wildman–Crippen MR) is 102 cm³/mol. The predicted octanol–water partition coefficient (Wildman–Crippen LogP) is 1.87. The van der Waals surface area contributed by atoms with Crippen molar-refractivity contribution >= 4 is 29.1 Å². The van der Waals surface area contributed by atoms with Crippen molar-refractivity contribution in [2.45, 2.75) is 12.6 Å². The van der Waals surface area contributed by atoms with Gasteiger partial charge < -0.3 is 20.6 Å². The summed E-state index contributed by atoms with van der Waals surface area (Å²) >= 11 is 6.00. The fraction of sp³-hybridized carbons (Fsp3) is 0.263. The van der Waals surface area contributed by atoms with E-state index in [9.17, 15) is 14.7 Å². The second kappa shape index (κ2) is 9.22. The van der Waals surface area contributed by atoms with E-state index in [4.69, 9.17) is 11.6 Å². The summed E-state index contributed by atoms with van der Waals surface area (Å²) in [6, 6.07) is 14.4. The van der Waals surface area contributed by atoms with Crippen LogP contribution in [0.15, 0.2) is 48.5 Å². The minimum atomic E-state index is -0.897. The van der Waals surface area contributed by atoms with Crippen LogP contribution in [0.3, 0.4) is 0 Å². The molecule has 0 heterocycles. The Bertz CT molecular complexity index is 763. The number of hydrogen-bond donors (Lipinski definition) is 3. The first-order chi connectivity index (χ1) is 12.4. The van der Waals surface area contributed by atoms with Gasteiger partial charge in [-0.3, -0.25) is 9.59 Å². The summed E-state index contributed by atoms with van der Waals surface area (Å²) in [5.41, 5.74) is 2.38. The molecular weight excluding hydrogens is 354 g/mol. The number of nitrogens with zero attached hydrogens (tertiary/aromatic N) is 1. The Labute approximate surface area is 157 Å². The lowest BCUT2D eigenvalue weighted by Gasteiger charge is -2.15. The number of halogens is 1. The van der Waals surface area contributed by atoms with Gasteiger partial charge in [0.15, 0.2) is 0 Å². The molecule has 0 fully saturated rings. The molecular formula is C19H22ClN3O3. The molecule has 0 spiro atoms. The Morgan fingerprint density at radius 3 is 2.27 bits per heavy atom. The van der Waals surface area contributed by atoms with Crippen LogP contribution in [-0.4, -0.2) is 37.6 Å². The molecule has 2 aromatic carbocycles. The van der Waals surface area contributed by atoms with Gasteiger partial charge in [0.2, 0.25) is 0 Å². The Hall–Kier alpha value is -2.57. The quantitative estimate of drug-likeness (QED) is 0.673. The number of aliphatic hydroxyl groups excluding tert-OH is 1. The fourth-order valence-electron chi connectivity index (χ4n) is 2.28. The third kappa shape index (κ3) is 5.47. The molecule has 0 aliphatic carbocycles. The largest absolute Gasteiger partial charge is 0.387 e. The number of rotatable bonds is 6. The van der Waals surface area contributed by atoms with E-state index >= 15 is 0 Å². The molecule has 0 saturated carbocycles. The Kier molecular flexibility index (Phi) is 7.00. The summed E-state index contributed by atoms with van der Waals surface area (Å²) in [6.07, 6.45) is -0.897. The minimum Gasteiger partial charge on any atom is -0.387 e. The highest BCUT2D eigenvalue weighted by atomic mass is 35.5. The number of aliphatic hydroxyl groups is 1. The third-order valence-corrected chi connectivity index (χ3v) is 4.22. The van der Waals surface area contributed by atoms with Gasteiger partial charge in [-0.25, -0.2) is 0 Å². The molecule has 0 aliphatic rings. The van der Waals surface area contributed by atoms with Crippen LogP contribution in [0.5, 0.6) is 0 Å². The zero-order valence-electron chi connectivity index (χ0n) is 14.7. The topological polar surface area (TPSA) is 81.7 Å². The monoisotopic (exact) mass is 375 g/mol. The van der Waals surface area contributed by atoms with Crippen molar-refractivity contribution in [1.29, 1.82) is 0 Å². The van der Waals surface area contributed by atoms with Crippen LogP contribution in [0, 0.1) is 0 Å². The first kappa shape index (κ1) is 19.8. The smallest absolute Gasteiger partial charge is 0.309 e. The third-order valence-electron chi connectivity index (χ3n) is 3.85. The standard InChI is InChI=1S/C19H22ClN3O3/c1-23(2)15-9-7-13(8-10-15)17(24)12-22-19(26)18(25)21-11-14-5-3-4-6-16(14)20/h3-10,17,24H,11-12H2,1-2H3,(H,21,25)(H,22,26). The van der Waals surface area contributed by atoms with E-state index in [0.717, 1.165) is 11.3 Å². The Morgan fingerprint density at radius 1 is 1.04 bits per heavy atom. The lowest BCUT2D eigenvalue weighted by molar-refractivity contribution is -0.139. The van der Waals surface area contributed by atoms with Crippen LogP contribution >= 0.6 is 11.6 Å². The molecule has 138 valence electrons. The number of benzene rings is 2. The summed E-state index contributed by atoms with van der Waals surface area (Å²) in [5, 5.41) is 15.6. The molecule has 0 bridgehead atoms. The number of amides is 2. The average molecular weight is 376 g/mol. The number of anilines is 1. The molecule has 7 heteroatoms. The van der Waals surface area contributed by atoms with Crippen molar-refractivity contribution in [3.8, 4) is 0 Å². The molecule has 26 heavy (non-hydrogen) atoms. The van der Waals surface area contributed by atoms with Crippen LogP contribution in [-0.2, 0) is 16.1 Å². The van der Waals surface area contributed by atoms with Gasteiger partial charge in [0.25, 0.3) is 0 Å². The number of nitrogens with one attached hydrogen (secondary N) is 2. The van der Waals surface area contributed by atoms with Crippen LogP contribution in [0.1, 0.15) is 17.2 Å². The van der Waals surface area contributed by atoms with Gasteiger partial charge in [0.1, 0.15) is 0 Å². The molecule has 1 unspecified atom stereocenters. The molecule has 0 radical (unpaired) electrons.